The molecule has 0 aliphatic carbocycles. The summed E-state index contributed by atoms with van der Waals surface area (Å²) in [6.07, 6.45) is 1.03. The number of hydrogen-bond donors (Lipinski definition) is 1. The lowest BCUT2D eigenvalue weighted by Gasteiger charge is -2.30. The number of likely N-dealkylation sites (tertiary alicyclic amines) is 1. The van der Waals surface area contributed by atoms with E-state index in [1.807, 2.05) is 24.3 Å². The molecule has 1 heterocycles. The van der Waals surface area contributed by atoms with E-state index in [4.69, 9.17) is 9.84 Å². The molecular formula is C18H25NO4. The van der Waals surface area contributed by atoms with E-state index in [9.17, 15) is 9.59 Å². The van der Waals surface area contributed by atoms with Crippen molar-refractivity contribution in [2.24, 2.45) is 5.92 Å². The van der Waals surface area contributed by atoms with Gasteiger partial charge < -0.3 is 14.7 Å². The lowest BCUT2D eigenvalue weighted by atomic mass is 9.86. The van der Waals surface area contributed by atoms with Gasteiger partial charge in [0.1, 0.15) is 5.75 Å². The van der Waals surface area contributed by atoms with Gasteiger partial charge in [-0.3, -0.25) is 9.59 Å². The first-order valence-corrected chi connectivity index (χ1v) is 8.02. The molecule has 126 valence electrons. The molecule has 1 aromatic carbocycles. The maximum absolute atomic E-state index is 12.3. The quantitative estimate of drug-likeness (QED) is 0.926. The van der Waals surface area contributed by atoms with E-state index in [2.05, 4.69) is 20.8 Å². The zero-order chi connectivity index (χ0) is 17.0. The third-order valence-electron chi connectivity index (χ3n) is 4.24. The molecule has 1 fully saturated rings. The lowest BCUT2D eigenvalue weighted by molar-refractivity contribution is -0.146. The predicted molar refractivity (Wildman–Crippen MR) is 87.6 cm³/mol. The van der Waals surface area contributed by atoms with Crippen LogP contribution < -0.4 is 4.74 Å². The van der Waals surface area contributed by atoms with Gasteiger partial charge in [-0.25, -0.2) is 0 Å². The number of carboxylic acid groups (broad SMARTS) is 1. The molecule has 5 nitrogen and oxygen atoms in total. The van der Waals surface area contributed by atoms with Crippen LogP contribution in [0.5, 0.6) is 5.75 Å². The number of para-hydroxylation sites is 1. The molecule has 23 heavy (non-hydrogen) atoms. The second kappa shape index (κ2) is 7.02. The summed E-state index contributed by atoms with van der Waals surface area (Å²) < 4.78 is 5.75. The van der Waals surface area contributed by atoms with E-state index in [1.54, 1.807) is 4.90 Å². The van der Waals surface area contributed by atoms with Crippen LogP contribution in [0.15, 0.2) is 24.3 Å². The minimum absolute atomic E-state index is 0.00910. The van der Waals surface area contributed by atoms with Gasteiger partial charge in [-0.1, -0.05) is 39.0 Å². The first-order valence-electron chi connectivity index (χ1n) is 8.02. The van der Waals surface area contributed by atoms with Gasteiger partial charge in [0.25, 0.3) is 5.91 Å². The largest absolute Gasteiger partial charge is 0.483 e. The normalized spacial score (nSPS) is 16.2. The Hall–Kier alpha value is -2.04. The topological polar surface area (TPSA) is 66.8 Å². The number of ether oxygens (including phenoxy) is 1. The number of carboxylic acids is 1. The molecule has 1 amide bonds. The Morgan fingerprint density at radius 3 is 2.39 bits per heavy atom. The summed E-state index contributed by atoms with van der Waals surface area (Å²) >= 11 is 0. The van der Waals surface area contributed by atoms with Gasteiger partial charge in [0, 0.05) is 13.1 Å². The lowest BCUT2D eigenvalue weighted by Crippen LogP contribution is -2.42. The minimum atomic E-state index is -0.771. The summed E-state index contributed by atoms with van der Waals surface area (Å²) in [7, 11) is 0. The molecule has 0 radical (unpaired) electrons. The molecule has 1 aliphatic heterocycles. The van der Waals surface area contributed by atoms with Crippen molar-refractivity contribution in [3.8, 4) is 5.75 Å². The molecule has 0 saturated carbocycles. The molecule has 0 spiro atoms. The molecule has 2 rings (SSSR count). The Morgan fingerprint density at radius 2 is 1.83 bits per heavy atom. The third-order valence-corrected chi connectivity index (χ3v) is 4.24. The second-order valence-electron chi connectivity index (χ2n) is 7.03. The highest BCUT2D eigenvalue weighted by Crippen LogP contribution is 2.31. The highest BCUT2D eigenvalue weighted by Gasteiger charge is 2.27. The average molecular weight is 319 g/mol. The number of nitrogens with zero attached hydrogens (tertiary/aromatic N) is 1. The Morgan fingerprint density at radius 1 is 1.22 bits per heavy atom. The number of carbonyl (C=O) groups excluding carboxylic acids is 1. The molecule has 1 N–H and O–H groups in total. The van der Waals surface area contributed by atoms with Crippen LogP contribution >= 0.6 is 0 Å². The molecule has 0 unspecified atom stereocenters. The third kappa shape index (κ3) is 4.47. The summed E-state index contributed by atoms with van der Waals surface area (Å²) in [6.45, 7) is 7.28. The van der Waals surface area contributed by atoms with Crippen LogP contribution in [0.4, 0.5) is 0 Å². The monoisotopic (exact) mass is 319 g/mol. The maximum atomic E-state index is 12.3. The Labute approximate surface area is 137 Å². The van der Waals surface area contributed by atoms with Gasteiger partial charge in [0.15, 0.2) is 6.61 Å². The highest BCUT2D eigenvalue weighted by molar-refractivity contribution is 5.78. The summed E-state index contributed by atoms with van der Waals surface area (Å²) in [5.74, 6) is -0.458. The second-order valence-corrected chi connectivity index (χ2v) is 7.03. The number of hydrogen-bond acceptors (Lipinski definition) is 3. The number of carbonyl (C=O) groups is 2. The average Bonchev–Trinajstić information content (AvgIpc) is 2.52. The van der Waals surface area contributed by atoms with E-state index in [-0.39, 0.29) is 23.8 Å². The van der Waals surface area contributed by atoms with Crippen molar-refractivity contribution in [2.45, 2.75) is 39.0 Å². The van der Waals surface area contributed by atoms with E-state index in [0.29, 0.717) is 25.9 Å². The summed E-state index contributed by atoms with van der Waals surface area (Å²) in [5, 5.41) is 8.99. The van der Waals surface area contributed by atoms with Crippen LogP contribution in [0.3, 0.4) is 0 Å². The number of rotatable bonds is 4. The fourth-order valence-corrected chi connectivity index (χ4v) is 2.82. The van der Waals surface area contributed by atoms with Crippen LogP contribution in [0, 0.1) is 5.92 Å². The van der Waals surface area contributed by atoms with Gasteiger partial charge in [0.2, 0.25) is 0 Å². The summed E-state index contributed by atoms with van der Waals surface area (Å²) in [6, 6.07) is 7.75. The number of piperidine rings is 1. The Kier molecular flexibility index (Phi) is 5.29. The highest BCUT2D eigenvalue weighted by atomic mass is 16.5. The first-order chi connectivity index (χ1) is 10.8. The van der Waals surface area contributed by atoms with Crippen LogP contribution in [0.25, 0.3) is 0 Å². The van der Waals surface area contributed by atoms with Crippen LogP contribution in [0.2, 0.25) is 0 Å². The van der Waals surface area contributed by atoms with Gasteiger partial charge in [-0.05, 0) is 29.9 Å². The van der Waals surface area contributed by atoms with Crippen LogP contribution in [-0.4, -0.2) is 41.6 Å². The maximum Gasteiger partial charge on any atom is 0.306 e. The van der Waals surface area contributed by atoms with E-state index < -0.39 is 5.97 Å². The van der Waals surface area contributed by atoms with Crippen molar-refractivity contribution in [1.82, 2.24) is 4.90 Å². The minimum Gasteiger partial charge on any atom is -0.483 e. The fraction of sp³-hybridized carbons (Fsp3) is 0.556. The van der Waals surface area contributed by atoms with Crippen molar-refractivity contribution >= 4 is 11.9 Å². The molecule has 1 saturated heterocycles. The van der Waals surface area contributed by atoms with Crippen molar-refractivity contribution in [2.75, 3.05) is 19.7 Å². The number of amides is 1. The Balaban J connectivity index is 1.92. The van der Waals surface area contributed by atoms with Crippen LogP contribution in [0.1, 0.15) is 39.2 Å². The first kappa shape index (κ1) is 17.3. The van der Waals surface area contributed by atoms with Crippen molar-refractivity contribution in [3.05, 3.63) is 29.8 Å². The molecule has 0 atom stereocenters. The molecule has 0 bridgehead atoms. The summed E-state index contributed by atoms with van der Waals surface area (Å²) in [4.78, 5) is 24.9. The van der Waals surface area contributed by atoms with Crippen LogP contribution in [-0.2, 0) is 15.0 Å². The molecule has 1 aromatic rings. The molecule has 5 heteroatoms. The van der Waals surface area contributed by atoms with Crippen molar-refractivity contribution in [1.29, 1.82) is 0 Å². The van der Waals surface area contributed by atoms with Gasteiger partial charge in [-0.15, -0.1) is 0 Å². The van der Waals surface area contributed by atoms with Gasteiger partial charge in [-0.2, -0.15) is 0 Å². The molecular weight excluding hydrogens is 294 g/mol. The standard InChI is InChI=1S/C18H25NO4/c1-18(2,3)14-6-4-5-7-15(14)23-12-16(20)19-10-8-13(9-11-19)17(21)22/h4-7,13H,8-12H2,1-3H3,(H,21,22). The fourth-order valence-electron chi connectivity index (χ4n) is 2.82. The zero-order valence-corrected chi connectivity index (χ0v) is 14.0. The molecule has 0 aromatic heterocycles. The number of benzene rings is 1. The zero-order valence-electron chi connectivity index (χ0n) is 14.0. The predicted octanol–water partition coefficient (Wildman–Crippen LogP) is 2.69. The van der Waals surface area contributed by atoms with Gasteiger partial charge >= 0.3 is 5.97 Å². The molecule has 1 aliphatic rings. The van der Waals surface area contributed by atoms with Crippen molar-refractivity contribution in [3.63, 3.8) is 0 Å². The number of aliphatic carboxylic acids is 1. The van der Waals surface area contributed by atoms with Gasteiger partial charge in [0.05, 0.1) is 5.92 Å². The van der Waals surface area contributed by atoms with E-state index in [0.717, 1.165) is 11.3 Å². The SMILES string of the molecule is CC(C)(C)c1ccccc1OCC(=O)N1CCC(C(=O)O)CC1. The van der Waals surface area contributed by atoms with E-state index in [1.165, 1.54) is 0 Å². The Bertz CT molecular complexity index is 569. The summed E-state index contributed by atoms with van der Waals surface area (Å²) in [5.41, 5.74) is 1.01. The van der Waals surface area contributed by atoms with Crippen molar-refractivity contribution < 1.29 is 19.4 Å². The van der Waals surface area contributed by atoms with E-state index >= 15 is 0 Å². The smallest absolute Gasteiger partial charge is 0.306 e.